The summed E-state index contributed by atoms with van der Waals surface area (Å²) in [6.45, 7) is 6.93. The maximum absolute atomic E-state index is 12.3. The average Bonchev–Trinajstić information content (AvgIpc) is 2.71. The molecule has 0 atom stereocenters. The Hall–Kier alpha value is -2.82. The van der Waals surface area contributed by atoms with Crippen molar-refractivity contribution < 1.29 is 14.3 Å². The summed E-state index contributed by atoms with van der Waals surface area (Å²) >= 11 is 0. The Bertz CT molecular complexity index is 752. The van der Waals surface area contributed by atoms with Crippen molar-refractivity contribution in [1.29, 1.82) is 0 Å². The van der Waals surface area contributed by atoms with Crippen molar-refractivity contribution in [3.63, 3.8) is 0 Å². The first-order chi connectivity index (χ1) is 13.6. The van der Waals surface area contributed by atoms with Crippen molar-refractivity contribution in [3.8, 4) is 5.75 Å². The predicted molar refractivity (Wildman–Crippen MR) is 113 cm³/mol. The second kappa shape index (κ2) is 11.1. The van der Waals surface area contributed by atoms with Crippen LogP contribution in [0.25, 0.3) is 0 Å². The molecule has 5 heteroatoms. The van der Waals surface area contributed by atoms with E-state index in [2.05, 4.69) is 31.3 Å². The molecule has 0 radical (unpaired) electrons. The van der Waals surface area contributed by atoms with Crippen LogP contribution in [-0.2, 0) is 22.4 Å². The number of carbonyl (C=O) groups is 2. The maximum atomic E-state index is 12.3. The molecule has 2 aromatic carbocycles. The van der Waals surface area contributed by atoms with Crippen LogP contribution in [0.1, 0.15) is 38.3 Å². The molecule has 2 amide bonds. The highest BCUT2D eigenvalue weighted by atomic mass is 16.5. The molecule has 0 aliphatic heterocycles. The summed E-state index contributed by atoms with van der Waals surface area (Å²) < 4.78 is 5.55. The van der Waals surface area contributed by atoms with Crippen LogP contribution in [0.4, 0.5) is 5.69 Å². The van der Waals surface area contributed by atoms with Crippen molar-refractivity contribution >= 4 is 17.5 Å². The summed E-state index contributed by atoms with van der Waals surface area (Å²) in [5.41, 5.74) is 3.29. The van der Waals surface area contributed by atoms with Crippen LogP contribution in [0.15, 0.2) is 48.5 Å². The first-order valence-corrected chi connectivity index (χ1v) is 9.90. The predicted octanol–water partition coefficient (Wildman–Crippen LogP) is 3.75. The second-order valence-electron chi connectivity index (χ2n) is 6.56. The molecule has 5 nitrogen and oxygen atoms in total. The van der Waals surface area contributed by atoms with Gasteiger partial charge in [-0.3, -0.25) is 9.59 Å². The van der Waals surface area contributed by atoms with Crippen LogP contribution >= 0.6 is 0 Å². The van der Waals surface area contributed by atoms with Gasteiger partial charge in [0.05, 0.1) is 18.7 Å². The van der Waals surface area contributed by atoms with E-state index in [4.69, 9.17) is 4.74 Å². The Morgan fingerprint density at radius 1 is 0.964 bits per heavy atom. The summed E-state index contributed by atoms with van der Waals surface area (Å²) in [5, 5.41) is 2.89. The number of rotatable bonds is 10. The molecule has 0 spiro atoms. The third kappa shape index (κ3) is 6.12. The zero-order valence-electron chi connectivity index (χ0n) is 17.0. The van der Waals surface area contributed by atoms with Crippen LogP contribution in [0.5, 0.6) is 5.75 Å². The number of hydrogen-bond donors (Lipinski definition) is 1. The van der Waals surface area contributed by atoms with Gasteiger partial charge in [-0.15, -0.1) is 0 Å². The van der Waals surface area contributed by atoms with Gasteiger partial charge in [-0.05, 0) is 36.1 Å². The van der Waals surface area contributed by atoms with Gasteiger partial charge in [0, 0.05) is 20.0 Å². The van der Waals surface area contributed by atoms with Gasteiger partial charge in [0.1, 0.15) is 5.75 Å². The van der Waals surface area contributed by atoms with Crippen molar-refractivity contribution in [2.45, 2.75) is 40.0 Å². The lowest BCUT2D eigenvalue weighted by molar-refractivity contribution is -0.122. The fourth-order valence-electron chi connectivity index (χ4n) is 3.16. The zero-order valence-corrected chi connectivity index (χ0v) is 17.0. The number of ether oxygens (including phenoxy) is 1. The summed E-state index contributed by atoms with van der Waals surface area (Å²) in [5.74, 6) is 0.650. The summed E-state index contributed by atoms with van der Waals surface area (Å²) in [6, 6.07) is 15.6. The van der Waals surface area contributed by atoms with Gasteiger partial charge in [0.15, 0.2) is 0 Å². The Balaban J connectivity index is 1.89. The third-order valence-electron chi connectivity index (χ3n) is 4.61. The first kappa shape index (κ1) is 21.5. The number of anilines is 1. The summed E-state index contributed by atoms with van der Waals surface area (Å²) in [4.78, 5) is 26.1. The van der Waals surface area contributed by atoms with Crippen molar-refractivity contribution in [3.05, 3.63) is 59.7 Å². The minimum Gasteiger partial charge on any atom is -0.493 e. The molecule has 1 N–H and O–H groups in total. The molecule has 0 bridgehead atoms. The SMILES string of the molecule is CCc1cccc(CC)c1N(CCNC(=O)CCOc1ccccc1)C(C)=O. The first-order valence-electron chi connectivity index (χ1n) is 9.90. The summed E-state index contributed by atoms with van der Waals surface area (Å²) in [7, 11) is 0. The molecule has 2 rings (SSSR count). The second-order valence-corrected chi connectivity index (χ2v) is 6.56. The van der Waals surface area contributed by atoms with Gasteiger partial charge in [-0.1, -0.05) is 50.2 Å². The molecule has 0 fully saturated rings. The molecule has 0 saturated carbocycles. The molecule has 0 unspecified atom stereocenters. The Kier molecular flexibility index (Phi) is 8.53. The van der Waals surface area contributed by atoms with E-state index in [1.807, 2.05) is 36.4 Å². The number of benzene rings is 2. The van der Waals surface area contributed by atoms with E-state index in [0.29, 0.717) is 19.7 Å². The smallest absolute Gasteiger partial charge is 0.223 e. The average molecular weight is 383 g/mol. The van der Waals surface area contributed by atoms with Crippen LogP contribution in [0.3, 0.4) is 0 Å². The number of amides is 2. The quantitative estimate of drug-likeness (QED) is 0.681. The number of nitrogens with zero attached hydrogens (tertiary/aromatic N) is 1. The minimum atomic E-state index is -0.0843. The molecule has 0 heterocycles. The van der Waals surface area contributed by atoms with Crippen molar-refractivity contribution in [2.75, 3.05) is 24.6 Å². The van der Waals surface area contributed by atoms with Crippen LogP contribution in [0, 0.1) is 0 Å². The Morgan fingerprint density at radius 3 is 2.18 bits per heavy atom. The summed E-state index contributed by atoms with van der Waals surface area (Å²) in [6.07, 6.45) is 1.99. The lowest BCUT2D eigenvalue weighted by Gasteiger charge is -2.26. The third-order valence-corrected chi connectivity index (χ3v) is 4.61. The standard InChI is InChI=1S/C23H30N2O3/c1-4-19-10-9-11-20(5-2)23(19)25(18(3)26)16-15-24-22(27)14-17-28-21-12-7-6-8-13-21/h6-13H,4-5,14-17H2,1-3H3,(H,24,27). The van der Waals surface area contributed by atoms with Gasteiger partial charge in [0.2, 0.25) is 11.8 Å². The van der Waals surface area contributed by atoms with E-state index in [1.54, 1.807) is 11.8 Å². The monoisotopic (exact) mass is 382 g/mol. The van der Waals surface area contributed by atoms with Gasteiger partial charge < -0.3 is 15.0 Å². The zero-order chi connectivity index (χ0) is 20.4. The highest BCUT2D eigenvalue weighted by Crippen LogP contribution is 2.27. The molecule has 0 aliphatic carbocycles. The molecular weight excluding hydrogens is 352 g/mol. The number of nitrogens with one attached hydrogen (secondary N) is 1. The topological polar surface area (TPSA) is 58.6 Å². The fourth-order valence-corrected chi connectivity index (χ4v) is 3.16. The van der Waals surface area contributed by atoms with Crippen molar-refractivity contribution in [1.82, 2.24) is 5.32 Å². The normalized spacial score (nSPS) is 10.4. The molecule has 0 aromatic heterocycles. The lowest BCUT2D eigenvalue weighted by atomic mass is 10.0. The maximum Gasteiger partial charge on any atom is 0.223 e. The molecule has 0 saturated heterocycles. The van der Waals surface area contributed by atoms with E-state index < -0.39 is 0 Å². The number of carbonyl (C=O) groups excluding carboxylic acids is 2. The fraction of sp³-hybridized carbons (Fsp3) is 0.391. The van der Waals surface area contributed by atoms with Gasteiger partial charge in [0.25, 0.3) is 0 Å². The number of hydrogen-bond acceptors (Lipinski definition) is 3. The van der Waals surface area contributed by atoms with Crippen LogP contribution < -0.4 is 15.0 Å². The Morgan fingerprint density at radius 2 is 1.61 bits per heavy atom. The van der Waals surface area contributed by atoms with Gasteiger partial charge in [-0.25, -0.2) is 0 Å². The number of aryl methyl sites for hydroxylation is 2. The van der Waals surface area contributed by atoms with Crippen LogP contribution in [-0.4, -0.2) is 31.5 Å². The van der Waals surface area contributed by atoms with Crippen LogP contribution in [0.2, 0.25) is 0 Å². The number of para-hydroxylation sites is 2. The van der Waals surface area contributed by atoms with E-state index >= 15 is 0 Å². The molecule has 0 aliphatic rings. The molecule has 2 aromatic rings. The van der Waals surface area contributed by atoms with Gasteiger partial charge >= 0.3 is 0 Å². The molecule has 150 valence electrons. The highest BCUT2D eigenvalue weighted by molar-refractivity contribution is 5.93. The van der Waals surface area contributed by atoms with Crippen molar-refractivity contribution in [2.24, 2.45) is 0 Å². The largest absolute Gasteiger partial charge is 0.493 e. The minimum absolute atomic E-state index is 0.0164. The lowest BCUT2D eigenvalue weighted by Crippen LogP contribution is -2.38. The van der Waals surface area contributed by atoms with E-state index in [9.17, 15) is 9.59 Å². The van der Waals surface area contributed by atoms with E-state index in [1.165, 1.54) is 0 Å². The highest BCUT2D eigenvalue weighted by Gasteiger charge is 2.18. The Labute approximate surface area is 167 Å². The van der Waals surface area contributed by atoms with E-state index in [-0.39, 0.29) is 18.2 Å². The molecule has 28 heavy (non-hydrogen) atoms. The molecular formula is C23H30N2O3. The van der Waals surface area contributed by atoms with E-state index in [0.717, 1.165) is 35.4 Å². The van der Waals surface area contributed by atoms with Gasteiger partial charge in [-0.2, -0.15) is 0 Å².